The first kappa shape index (κ1) is 21.4. The Hall–Kier alpha value is -2.86. The Morgan fingerprint density at radius 2 is 1.84 bits per heavy atom. The minimum absolute atomic E-state index is 0.0437. The minimum atomic E-state index is -0.554. The Labute approximate surface area is 186 Å². The topological polar surface area (TPSA) is 75.7 Å². The maximum absolute atomic E-state index is 12.8. The Kier molecular flexibility index (Phi) is 5.75. The fourth-order valence-corrected chi connectivity index (χ4v) is 4.42. The van der Waals surface area contributed by atoms with E-state index in [2.05, 4.69) is 5.32 Å². The molecule has 1 fully saturated rings. The lowest BCUT2D eigenvalue weighted by Gasteiger charge is -2.44. The molecule has 0 saturated carbocycles. The quantitative estimate of drug-likeness (QED) is 0.777. The predicted octanol–water partition coefficient (Wildman–Crippen LogP) is 4.18. The summed E-state index contributed by atoms with van der Waals surface area (Å²) in [5.41, 5.74) is 2.47. The van der Waals surface area contributed by atoms with Gasteiger partial charge in [-0.05, 0) is 42.3 Å². The molecule has 7 heteroatoms. The molecule has 162 valence electrons. The van der Waals surface area contributed by atoms with Gasteiger partial charge in [-0.3, -0.25) is 14.4 Å². The van der Waals surface area contributed by atoms with Gasteiger partial charge < -0.3 is 15.0 Å². The number of anilines is 1. The van der Waals surface area contributed by atoms with Gasteiger partial charge in [0.25, 0.3) is 0 Å². The lowest BCUT2D eigenvalue weighted by Crippen LogP contribution is -2.52. The highest BCUT2D eigenvalue weighted by atomic mass is 35.5. The van der Waals surface area contributed by atoms with Gasteiger partial charge in [-0.25, -0.2) is 0 Å². The summed E-state index contributed by atoms with van der Waals surface area (Å²) >= 11 is 6.17. The number of Topliss-reactive ketones (excluding diaryl/α,β-unsaturated/α-hetero) is 1. The van der Waals surface area contributed by atoms with Crippen LogP contribution in [0.25, 0.3) is 0 Å². The van der Waals surface area contributed by atoms with Crippen LogP contribution in [0.3, 0.4) is 0 Å². The first-order valence-electron chi connectivity index (χ1n) is 10.4. The zero-order valence-corrected chi connectivity index (χ0v) is 18.4. The average molecular weight is 441 g/mol. The Bertz CT molecular complexity index is 1040. The van der Waals surface area contributed by atoms with Crippen molar-refractivity contribution in [3.63, 3.8) is 0 Å². The third-order valence-corrected chi connectivity index (χ3v) is 6.43. The van der Waals surface area contributed by atoms with Gasteiger partial charge in [0.05, 0.1) is 18.4 Å². The second-order valence-electron chi connectivity index (χ2n) is 8.42. The van der Waals surface area contributed by atoms with Gasteiger partial charge in [0.2, 0.25) is 11.8 Å². The summed E-state index contributed by atoms with van der Waals surface area (Å²) in [5.74, 6) is 0.557. The lowest BCUT2D eigenvalue weighted by atomic mass is 9.82. The lowest BCUT2D eigenvalue weighted by molar-refractivity contribution is -0.134. The molecule has 2 aromatic carbocycles. The van der Waals surface area contributed by atoms with Crippen LogP contribution in [0.2, 0.25) is 5.02 Å². The van der Waals surface area contributed by atoms with Crippen LogP contribution in [0.4, 0.5) is 5.69 Å². The van der Waals surface area contributed by atoms with Crippen LogP contribution >= 0.6 is 11.6 Å². The summed E-state index contributed by atoms with van der Waals surface area (Å²) in [6.07, 6.45) is 1.85. The number of nitrogens with zero attached hydrogens (tertiary/aromatic N) is 1. The summed E-state index contributed by atoms with van der Waals surface area (Å²) < 4.78 is 6.31. The Morgan fingerprint density at radius 3 is 2.48 bits per heavy atom. The van der Waals surface area contributed by atoms with E-state index in [0.29, 0.717) is 60.8 Å². The highest BCUT2D eigenvalue weighted by molar-refractivity contribution is 6.31. The number of rotatable bonds is 3. The molecule has 0 aliphatic carbocycles. The molecule has 2 amide bonds. The molecule has 0 radical (unpaired) electrons. The number of amides is 2. The second-order valence-corrected chi connectivity index (χ2v) is 8.83. The molecular weight excluding hydrogens is 416 g/mol. The van der Waals surface area contributed by atoms with Crippen molar-refractivity contribution in [1.82, 2.24) is 4.90 Å². The number of aryl methyl sites for hydroxylation is 1. The van der Waals surface area contributed by atoms with Crippen molar-refractivity contribution in [3.05, 3.63) is 58.1 Å². The summed E-state index contributed by atoms with van der Waals surface area (Å²) in [6, 6.07) is 10.8. The van der Waals surface area contributed by atoms with Gasteiger partial charge in [0, 0.05) is 43.6 Å². The van der Waals surface area contributed by atoms with E-state index in [1.54, 1.807) is 18.2 Å². The number of halogens is 1. The van der Waals surface area contributed by atoms with Gasteiger partial charge in [0.1, 0.15) is 11.4 Å². The highest BCUT2D eigenvalue weighted by Crippen LogP contribution is 2.41. The van der Waals surface area contributed by atoms with Crippen LogP contribution in [0, 0.1) is 6.92 Å². The van der Waals surface area contributed by atoms with Crippen LogP contribution in [-0.4, -0.2) is 41.2 Å². The van der Waals surface area contributed by atoms with E-state index in [4.69, 9.17) is 16.3 Å². The molecule has 6 nitrogen and oxygen atoms in total. The Balaban J connectivity index is 1.38. The molecule has 1 N–H and O–H groups in total. The third-order valence-electron chi connectivity index (χ3n) is 6.03. The molecule has 2 aliphatic rings. The maximum atomic E-state index is 12.8. The molecule has 1 spiro atoms. The molecule has 2 aromatic rings. The summed E-state index contributed by atoms with van der Waals surface area (Å²) in [7, 11) is 0. The standard InChI is InChI=1S/C24H25ClN2O4/c1-15-11-22-19(13-20(15)25)21(29)14-24(31-22)7-9-27(10-8-24)23(30)12-17-3-5-18(6-4-17)26-16(2)28/h3-6,11,13H,7-10,12,14H2,1-2H3,(H,26,28). The van der Waals surface area contributed by atoms with Gasteiger partial charge in [0.15, 0.2) is 5.78 Å². The van der Waals surface area contributed by atoms with Gasteiger partial charge in [-0.15, -0.1) is 0 Å². The summed E-state index contributed by atoms with van der Waals surface area (Å²) in [4.78, 5) is 38.5. The van der Waals surface area contributed by atoms with Gasteiger partial charge in [-0.1, -0.05) is 23.7 Å². The van der Waals surface area contributed by atoms with Crippen molar-refractivity contribution in [3.8, 4) is 5.75 Å². The molecular formula is C24H25ClN2O4. The molecule has 2 heterocycles. The summed E-state index contributed by atoms with van der Waals surface area (Å²) in [6.45, 7) is 4.46. The molecule has 2 aliphatic heterocycles. The fraction of sp³-hybridized carbons (Fsp3) is 0.375. The number of ketones is 1. The van der Waals surface area contributed by atoms with E-state index in [-0.39, 0.29) is 17.6 Å². The van der Waals surface area contributed by atoms with Crippen LogP contribution < -0.4 is 10.1 Å². The maximum Gasteiger partial charge on any atom is 0.226 e. The van der Waals surface area contributed by atoms with Crippen LogP contribution in [0.15, 0.2) is 36.4 Å². The molecule has 0 unspecified atom stereocenters. The first-order valence-corrected chi connectivity index (χ1v) is 10.8. The van der Waals surface area contributed by atoms with Crippen molar-refractivity contribution in [2.75, 3.05) is 18.4 Å². The molecule has 31 heavy (non-hydrogen) atoms. The number of likely N-dealkylation sites (tertiary alicyclic amines) is 1. The number of fused-ring (bicyclic) bond motifs is 1. The number of ether oxygens (including phenoxy) is 1. The zero-order chi connectivity index (χ0) is 22.2. The van der Waals surface area contributed by atoms with Crippen LogP contribution in [0.5, 0.6) is 5.75 Å². The third kappa shape index (κ3) is 4.59. The van der Waals surface area contributed by atoms with Gasteiger partial charge in [-0.2, -0.15) is 0 Å². The molecule has 1 saturated heterocycles. The van der Waals surface area contributed by atoms with Crippen molar-refractivity contribution in [2.24, 2.45) is 0 Å². The van der Waals surface area contributed by atoms with E-state index in [1.807, 2.05) is 30.0 Å². The zero-order valence-electron chi connectivity index (χ0n) is 17.7. The molecule has 0 atom stereocenters. The van der Waals surface area contributed by atoms with Crippen molar-refractivity contribution in [1.29, 1.82) is 0 Å². The van der Waals surface area contributed by atoms with E-state index in [9.17, 15) is 14.4 Å². The van der Waals surface area contributed by atoms with Crippen molar-refractivity contribution >= 4 is 34.9 Å². The SMILES string of the molecule is CC(=O)Nc1ccc(CC(=O)N2CCC3(CC2)CC(=O)c2cc(Cl)c(C)cc2O3)cc1. The van der Waals surface area contributed by atoms with Crippen LogP contribution in [0.1, 0.15) is 47.7 Å². The largest absolute Gasteiger partial charge is 0.486 e. The molecule has 4 rings (SSSR count). The normalized spacial score (nSPS) is 17.1. The van der Waals surface area contributed by atoms with Gasteiger partial charge >= 0.3 is 0 Å². The van der Waals surface area contributed by atoms with Crippen molar-refractivity contribution in [2.45, 2.75) is 45.1 Å². The molecule has 0 bridgehead atoms. The van der Waals surface area contributed by atoms with Crippen LogP contribution in [-0.2, 0) is 16.0 Å². The van der Waals surface area contributed by atoms with Crippen molar-refractivity contribution < 1.29 is 19.1 Å². The number of nitrogens with one attached hydrogen (secondary N) is 1. The first-order chi connectivity index (χ1) is 14.7. The Morgan fingerprint density at radius 1 is 1.16 bits per heavy atom. The van der Waals surface area contributed by atoms with E-state index in [1.165, 1.54) is 6.92 Å². The number of benzene rings is 2. The predicted molar refractivity (Wildman–Crippen MR) is 119 cm³/mol. The minimum Gasteiger partial charge on any atom is -0.486 e. The number of carbonyl (C=O) groups excluding carboxylic acids is 3. The number of hydrogen-bond acceptors (Lipinski definition) is 4. The van der Waals surface area contributed by atoms with E-state index < -0.39 is 5.60 Å². The number of piperidine rings is 1. The second kappa shape index (κ2) is 8.35. The number of carbonyl (C=O) groups is 3. The highest BCUT2D eigenvalue weighted by Gasteiger charge is 2.43. The van der Waals surface area contributed by atoms with E-state index >= 15 is 0 Å². The monoisotopic (exact) mass is 440 g/mol. The summed E-state index contributed by atoms with van der Waals surface area (Å²) in [5, 5.41) is 3.28. The smallest absolute Gasteiger partial charge is 0.226 e. The molecule has 0 aromatic heterocycles. The fourth-order valence-electron chi connectivity index (χ4n) is 4.25. The van der Waals surface area contributed by atoms with E-state index in [0.717, 1.165) is 11.1 Å². The number of hydrogen-bond donors (Lipinski definition) is 1. The average Bonchev–Trinajstić information content (AvgIpc) is 2.71.